The Kier molecular flexibility index (Phi) is 4.28. The molecule has 0 aliphatic carbocycles. The van der Waals surface area contributed by atoms with E-state index < -0.39 is 0 Å². The third-order valence-corrected chi connectivity index (χ3v) is 3.16. The molecular weight excluding hydrogens is 233 g/mol. The first-order valence-corrected chi connectivity index (χ1v) is 6.12. The predicted octanol–water partition coefficient (Wildman–Crippen LogP) is 0.694. The van der Waals surface area contributed by atoms with Gasteiger partial charge in [0.2, 0.25) is 5.91 Å². The topological polar surface area (TPSA) is 35.6 Å². The molecule has 0 radical (unpaired) electrons. The Labute approximate surface area is 106 Å². The average Bonchev–Trinajstić information content (AvgIpc) is 2.39. The lowest BCUT2D eigenvalue weighted by atomic mass is 10.2. The minimum Gasteiger partial charge on any atom is -0.314 e. The smallest absolute Gasteiger partial charge is 0.240 e. The van der Waals surface area contributed by atoms with E-state index in [2.05, 4.69) is 10.2 Å². The van der Waals surface area contributed by atoms with E-state index in [1.54, 1.807) is 25.2 Å². The van der Waals surface area contributed by atoms with Gasteiger partial charge in [0, 0.05) is 33.2 Å². The number of piperazine rings is 1. The van der Waals surface area contributed by atoms with Crippen LogP contribution in [0.25, 0.3) is 0 Å². The Morgan fingerprint density at radius 3 is 2.72 bits per heavy atom. The Hall–Kier alpha value is -1.46. The van der Waals surface area contributed by atoms with Crippen LogP contribution in [0.4, 0.5) is 10.1 Å². The number of rotatable bonds is 3. The Bertz CT molecular complexity index is 418. The summed E-state index contributed by atoms with van der Waals surface area (Å²) in [5.74, 6) is -0.448. The SMILES string of the molecule is CN(C(=O)CN1CCNCC1)c1ccccc1F. The molecule has 1 aliphatic heterocycles. The van der Waals surface area contributed by atoms with Crippen molar-refractivity contribution in [1.29, 1.82) is 0 Å². The highest BCUT2D eigenvalue weighted by atomic mass is 19.1. The summed E-state index contributed by atoms with van der Waals surface area (Å²) in [4.78, 5) is 15.5. The summed E-state index contributed by atoms with van der Waals surface area (Å²) < 4.78 is 13.6. The van der Waals surface area contributed by atoms with Gasteiger partial charge >= 0.3 is 0 Å². The molecule has 0 bridgehead atoms. The normalized spacial score (nSPS) is 16.6. The van der Waals surface area contributed by atoms with Gasteiger partial charge in [-0.3, -0.25) is 9.69 Å². The molecule has 1 N–H and O–H groups in total. The van der Waals surface area contributed by atoms with Crippen molar-refractivity contribution < 1.29 is 9.18 Å². The van der Waals surface area contributed by atoms with Gasteiger partial charge in [0.05, 0.1) is 12.2 Å². The van der Waals surface area contributed by atoms with Crippen molar-refractivity contribution in [2.45, 2.75) is 0 Å². The van der Waals surface area contributed by atoms with Gasteiger partial charge in [-0.2, -0.15) is 0 Å². The highest BCUT2D eigenvalue weighted by molar-refractivity contribution is 5.94. The molecule has 1 aliphatic rings. The molecule has 0 atom stereocenters. The van der Waals surface area contributed by atoms with Gasteiger partial charge in [-0.15, -0.1) is 0 Å². The summed E-state index contributed by atoms with van der Waals surface area (Å²) in [6, 6.07) is 6.33. The third kappa shape index (κ3) is 3.05. The molecule has 1 aromatic rings. The lowest BCUT2D eigenvalue weighted by molar-refractivity contribution is -0.119. The Morgan fingerprint density at radius 1 is 1.39 bits per heavy atom. The highest BCUT2D eigenvalue weighted by Crippen LogP contribution is 2.17. The molecule has 0 saturated carbocycles. The third-order valence-electron chi connectivity index (χ3n) is 3.16. The quantitative estimate of drug-likeness (QED) is 0.858. The molecule has 1 saturated heterocycles. The fourth-order valence-corrected chi connectivity index (χ4v) is 2.02. The lowest BCUT2D eigenvalue weighted by Crippen LogP contribution is -2.48. The van der Waals surface area contributed by atoms with E-state index in [-0.39, 0.29) is 11.7 Å². The molecule has 2 rings (SSSR count). The zero-order valence-electron chi connectivity index (χ0n) is 10.5. The molecular formula is C13H18FN3O. The largest absolute Gasteiger partial charge is 0.314 e. The van der Waals surface area contributed by atoms with E-state index in [4.69, 9.17) is 0 Å². The second kappa shape index (κ2) is 5.93. The number of hydrogen-bond acceptors (Lipinski definition) is 3. The molecule has 1 amide bonds. The summed E-state index contributed by atoms with van der Waals surface area (Å²) in [5, 5.41) is 3.23. The fraction of sp³-hybridized carbons (Fsp3) is 0.462. The molecule has 98 valence electrons. The number of likely N-dealkylation sites (N-methyl/N-ethyl adjacent to an activating group) is 1. The van der Waals surface area contributed by atoms with E-state index in [9.17, 15) is 9.18 Å². The van der Waals surface area contributed by atoms with Gasteiger partial charge in [-0.1, -0.05) is 12.1 Å². The summed E-state index contributed by atoms with van der Waals surface area (Å²) in [7, 11) is 1.61. The number of benzene rings is 1. The number of para-hydroxylation sites is 1. The van der Waals surface area contributed by atoms with Crippen molar-refractivity contribution in [2.24, 2.45) is 0 Å². The number of amides is 1. The van der Waals surface area contributed by atoms with Crippen LogP contribution in [0.5, 0.6) is 0 Å². The van der Waals surface area contributed by atoms with Crippen LogP contribution in [0.1, 0.15) is 0 Å². The minimum absolute atomic E-state index is 0.0815. The van der Waals surface area contributed by atoms with Crippen LogP contribution in [-0.2, 0) is 4.79 Å². The monoisotopic (exact) mass is 251 g/mol. The van der Waals surface area contributed by atoms with Crippen LogP contribution in [0.3, 0.4) is 0 Å². The number of carbonyl (C=O) groups excluding carboxylic acids is 1. The summed E-state index contributed by atoms with van der Waals surface area (Å²) in [6.07, 6.45) is 0. The number of carbonyl (C=O) groups is 1. The minimum atomic E-state index is -0.367. The van der Waals surface area contributed by atoms with Crippen LogP contribution in [0.15, 0.2) is 24.3 Å². The zero-order valence-corrected chi connectivity index (χ0v) is 10.5. The maximum atomic E-state index is 13.6. The van der Waals surface area contributed by atoms with Crippen molar-refractivity contribution in [1.82, 2.24) is 10.2 Å². The maximum Gasteiger partial charge on any atom is 0.240 e. The number of anilines is 1. The van der Waals surface area contributed by atoms with Crippen LogP contribution >= 0.6 is 0 Å². The zero-order chi connectivity index (χ0) is 13.0. The Balaban J connectivity index is 1.98. The molecule has 5 heteroatoms. The van der Waals surface area contributed by atoms with Crippen LogP contribution < -0.4 is 10.2 Å². The number of halogens is 1. The van der Waals surface area contributed by atoms with E-state index in [0.29, 0.717) is 12.2 Å². The first-order chi connectivity index (χ1) is 8.68. The van der Waals surface area contributed by atoms with Gasteiger partial charge in [0.15, 0.2) is 0 Å². The van der Waals surface area contributed by atoms with Crippen LogP contribution in [0, 0.1) is 5.82 Å². The summed E-state index contributed by atoms with van der Waals surface area (Å²) in [5.41, 5.74) is 0.331. The molecule has 0 aromatic heterocycles. The molecule has 1 fully saturated rings. The van der Waals surface area contributed by atoms with Crippen LogP contribution in [-0.4, -0.2) is 50.6 Å². The fourth-order valence-electron chi connectivity index (χ4n) is 2.02. The maximum absolute atomic E-state index is 13.6. The molecule has 1 aromatic carbocycles. The average molecular weight is 251 g/mol. The van der Waals surface area contributed by atoms with Gasteiger partial charge in [-0.05, 0) is 12.1 Å². The van der Waals surface area contributed by atoms with Crippen molar-refractivity contribution >= 4 is 11.6 Å². The van der Waals surface area contributed by atoms with Gasteiger partial charge < -0.3 is 10.2 Å². The van der Waals surface area contributed by atoms with Gasteiger partial charge in [0.1, 0.15) is 5.82 Å². The molecule has 18 heavy (non-hydrogen) atoms. The predicted molar refractivity (Wildman–Crippen MR) is 69.1 cm³/mol. The van der Waals surface area contributed by atoms with E-state index in [0.717, 1.165) is 26.2 Å². The number of nitrogens with one attached hydrogen (secondary N) is 1. The van der Waals surface area contributed by atoms with Gasteiger partial charge in [0.25, 0.3) is 0 Å². The van der Waals surface area contributed by atoms with Gasteiger partial charge in [-0.25, -0.2) is 4.39 Å². The van der Waals surface area contributed by atoms with E-state index in [1.807, 2.05) is 0 Å². The first-order valence-electron chi connectivity index (χ1n) is 6.12. The van der Waals surface area contributed by atoms with Crippen molar-refractivity contribution in [3.63, 3.8) is 0 Å². The van der Waals surface area contributed by atoms with Crippen molar-refractivity contribution in [2.75, 3.05) is 44.7 Å². The van der Waals surface area contributed by atoms with Crippen molar-refractivity contribution in [3.05, 3.63) is 30.1 Å². The summed E-state index contributed by atoms with van der Waals surface area (Å²) in [6.45, 7) is 3.85. The second-order valence-electron chi connectivity index (χ2n) is 4.43. The molecule has 0 spiro atoms. The Morgan fingerprint density at radius 2 is 2.06 bits per heavy atom. The molecule has 4 nitrogen and oxygen atoms in total. The van der Waals surface area contributed by atoms with E-state index >= 15 is 0 Å². The molecule has 0 unspecified atom stereocenters. The number of hydrogen-bond donors (Lipinski definition) is 1. The number of nitrogens with zero attached hydrogens (tertiary/aromatic N) is 2. The summed E-state index contributed by atoms with van der Waals surface area (Å²) >= 11 is 0. The lowest BCUT2D eigenvalue weighted by Gasteiger charge is -2.28. The second-order valence-corrected chi connectivity index (χ2v) is 4.43. The standard InChI is InChI=1S/C13H18FN3O/c1-16(12-5-3-2-4-11(12)14)13(18)10-17-8-6-15-7-9-17/h2-5,15H,6-10H2,1H3. The van der Waals surface area contributed by atoms with E-state index in [1.165, 1.54) is 11.0 Å². The first kappa shape index (κ1) is 13.0. The highest BCUT2D eigenvalue weighted by Gasteiger charge is 2.18. The molecule has 1 heterocycles. The van der Waals surface area contributed by atoms with Crippen LogP contribution in [0.2, 0.25) is 0 Å². The van der Waals surface area contributed by atoms with Crippen molar-refractivity contribution in [3.8, 4) is 0 Å².